The van der Waals surface area contributed by atoms with Crippen molar-refractivity contribution in [3.8, 4) is 0 Å². The molecule has 0 fully saturated rings. The summed E-state index contributed by atoms with van der Waals surface area (Å²) in [6, 6.07) is 8.46. The standard InChI is InChI=1S/C16H13ClN6O/c1-23(12-8-18-10-19-9-12)11-5-6-20-13(7-11)16(24)22-15-4-2-3-14(17)21-15/h2-10H,1H3,(H,21,22,24). The molecule has 3 heterocycles. The van der Waals surface area contributed by atoms with Gasteiger partial charge in [-0.25, -0.2) is 15.0 Å². The molecule has 0 atom stereocenters. The number of pyridine rings is 2. The van der Waals surface area contributed by atoms with Crippen LogP contribution in [-0.4, -0.2) is 32.9 Å². The molecule has 0 saturated carbocycles. The molecule has 0 aliphatic heterocycles. The number of aromatic nitrogens is 4. The van der Waals surface area contributed by atoms with Crippen molar-refractivity contribution in [2.24, 2.45) is 0 Å². The minimum atomic E-state index is -0.371. The van der Waals surface area contributed by atoms with Crippen LogP contribution in [0, 0.1) is 0 Å². The summed E-state index contributed by atoms with van der Waals surface area (Å²) in [7, 11) is 1.86. The van der Waals surface area contributed by atoms with Gasteiger partial charge in [0, 0.05) is 18.9 Å². The van der Waals surface area contributed by atoms with E-state index in [1.165, 1.54) is 6.33 Å². The van der Waals surface area contributed by atoms with E-state index in [-0.39, 0.29) is 11.6 Å². The van der Waals surface area contributed by atoms with E-state index in [0.29, 0.717) is 11.0 Å². The highest BCUT2D eigenvalue weighted by atomic mass is 35.5. The minimum Gasteiger partial charge on any atom is -0.342 e. The lowest BCUT2D eigenvalue weighted by Crippen LogP contribution is -2.16. The van der Waals surface area contributed by atoms with Gasteiger partial charge in [-0.05, 0) is 24.3 Å². The third kappa shape index (κ3) is 3.64. The second kappa shape index (κ2) is 7.01. The summed E-state index contributed by atoms with van der Waals surface area (Å²) in [5.74, 6) is -0.00570. The minimum absolute atomic E-state index is 0.262. The van der Waals surface area contributed by atoms with E-state index in [4.69, 9.17) is 11.6 Å². The van der Waals surface area contributed by atoms with Crippen molar-refractivity contribution in [3.63, 3.8) is 0 Å². The molecule has 0 spiro atoms. The van der Waals surface area contributed by atoms with Gasteiger partial charge in [-0.1, -0.05) is 17.7 Å². The van der Waals surface area contributed by atoms with Crippen molar-refractivity contribution in [3.05, 3.63) is 66.1 Å². The average molecular weight is 341 g/mol. The molecule has 8 heteroatoms. The van der Waals surface area contributed by atoms with Crippen LogP contribution in [0.2, 0.25) is 5.15 Å². The lowest BCUT2D eigenvalue weighted by Gasteiger charge is -2.18. The van der Waals surface area contributed by atoms with Gasteiger partial charge in [0.1, 0.15) is 23.0 Å². The molecule has 0 aromatic carbocycles. The van der Waals surface area contributed by atoms with E-state index < -0.39 is 0 Å². The average Bonchev–Trinajstić information content (AvgIpc) is 2.62. The van der Waals surface area contributed by atoms with E-state index in [9.17, 15) is 4.79 Å². The van der Waals surface area contributed by atoms with Crippen molar-refractivity contribution < 1.29 is 4.79 Å². The van der Waals surface area contributed by atoms with Crippen LogP contribution < -0.4 is 10.2 Å². The van der Waals surface area contributed by atoms with Gasteiger partial charge in [0.2, 0.25) is 0 Å². The number of anilines is 3. The van der Waals surface area contributed by atoms with Crippen LogP contribution in [0.25, 0.3) is 0 Å². The van der Waals surface area contributed by atoms with Crippen LogP contribution in [0.15, 0.2) is 55.2 Å². The first-order valence-electron chi connectivity index (χ1n) is 7.02. The molecule has 0 saturated heterocycles. The molecular weight excluding hydrogens is 328 g/mol. The molecule has 1 N–H and O–H groups in total. The highest BCUT2D eigenvalue weighted by molar-refractivity contribution is 6.29. The fraction of sp³-hybridized carbons (Fsp3) is 0.0625. The third-order valence-corrected chi connectivity index (χ3v) is 3.46. The number of rotatable bonds is 4. The van der Waals surface area contributed by atoms with Gasteiger partial charge in [-0.15, -0.1) is 0 Å². The predicted molar refractivity (Wildman–Crippen MR) is 91.5 cm³/mol. The highest BCUT2D eigenvalue weighted by Gasteiger charge is 2.12. The fourth-order valence-corrected chi connectivity index (χ4v) is 2.19. The van der Waals surface area contributed by atoms with E-state index in [1.54, 1.807) is 48.9 Å². The number of carbonyl (C=O) groups excluding carboxylic acids is 1. The van der Waals surface area contributed by atoms with Gasteiger partial charge in [0.05, 0.1) is 18.1 Å². The smallest absolute Gasteiger partial charge is 0.275 e. The topological polar surface area (TPSA) is 83.9 Å². The van der Waals surface area contributed by atoms with E-state index in [2.05, 4.69) is 25.3 Å². The normalized spacial score (nSPS) is 10.2. The molecule has 0 radical (unpaired) electrons. The molecule has 0 aliphatic rings. The summed E-state index contributed by atoms with van der Waals surface area (Å²) >= 11 is 5.81. The summed E-state index contributed by atoms with van der Waals surface area (Å²) < 4.78 is 0. The first kappa shape index (κ1) is 15.8. The van der Waals surface area contributed by atoms with Crippen LogP contribution in [0.1, 0.15) is 10.5 Å². The lowest BCUT2D eigenvalue weighted by atomic mass is 10.2. The lowest BCUT2D eigenvalue weighted by molar-refractivity contribution is 0.102. The van der Waals surface area contributed by atoms with Crippen molar-refractivity contribution in [2.75, 3.05) is 17.3 Å². The van der Waals surface area contributed by atoms with Crippen molar-refractivity contribution in [1.82, 2.24) is 19.9 Å². The van der Waals surface area contributed by atoms with Crippen molar-refractivity contribution in [2.45, 2.75) is 0 Å². The van der Waals surface area contributed by atoms with Crippen LogP contribution >= 0.6 is 11.6 Å². The monoisotopic (exact) mass is 340 g/mol. The quantitative estimate of drug-likeness (QED) is 0.735. The maximum absolute atomic E-state index is 12.3. The maximum Gasteiger partial charge on any atom is 0.275 e. The molecule has 7 nitrogen and oxygen atoms in total. The SMILES string of the molecule is CN(c1cncnc1)c1ccnc(C(=O)Nc2cccc(Cl)n2)c1. The van der Waals surface area contributed by atoms with Crippen LogP contribution in [0.3, 0.4) is 0 Å². The Morgan fingerprint density at radius 3 is 2.71 bits per heavy atom. The van der Waals surface area contributed by atoms with Gasteiger partial charge in [-0.3, -0.25) is 9.78 Å². The summed E-state index contributed by atoms with van der Waals surface area (Å²) in [5, 5.41) is 2.97. The van der Waals surface area contributed by atoms with Gasteiger partial charge in [0.25, 0.3) is 5.91 Å². The summed E-state index contributed by atoms with van der Waals surface area (Å²) in [5.41, 5.74) is 1.84. The van der Waals surface area contributed by atoms with E-state index in [1.807, 2.05) is 11.9 Å². The third-order valence-electron chi connectivity index (χ3n) is 3.25. The molecule has 0 bridgehead atoms. The molecule has 3 aromatic heterocycles. The number of amides is 1. The second-order valence-corrected chi connectivity index (χ2v) is 5.24. The Bertz CT molecular complexity index is 858. The van der Waals surface area contributed by atoms with Crippen molar-refractivity contribution >= 4 is 34.7 Å². The molecule has 1 amide bonds. The van der Waals surface area contributed by atoms with Crippen LogP contribution in [0.5, 0.6) is 0 Å². The number of nitrogens with zero attached hydrogens (tertiary/aromatic N) is 5. The number of carbonyl (C=O) groups is 1. The number of nitrogens with one attached hydrogen (secondary N) is 1. The Morgan fingerprint density at radius 2 is 1.96 bits per heavy atom. The zero-order chi connectivity index (χ0) is 16.9. The summed E-state index contributed by atoms with van der Waals surface area (Å²) in [6.45, 7) is 0. The number of hydrogen-bond acceptors (Lipinski definition) is 6. The predicted octanol–water partition coefficient (Wildman–Crippen LogP) is 2.94. The van der Waals surface area contributed by atoms with Crippen LogP contribution in [-0.2, 0) is 0 Å². The zero-order valence-electron chi connectivity index (χ0n) is 12.7. The Balaban J connectivity index is 1.81. The molecular formula is C16H13ClN6O. The Labute approximate surface area is 143 Å². The molecule has 3 rings (SSSR count). The first-order chi connectivity index (χ1) is 11.6. The molecule has 3 aromatic rings. The molecule has 120 valence electrons. The number of hydrogen-bond donors (Lipinski definition) is 1. The fourth-order valence-electron chi connectivity index (χ4n) is 2.02. The highest BCUT2D eigenvalue weighted by Crippen LogP contribution is 2.22. The van der Waals surface area contributed by atoms with Gasteiger partial charge >= 0.3 is 0 Å². The molecule has 0 aliphatic carbocycles. The molecule has 24 heavy (non-hydrogen) atoms. The van der Waals surface area contributed by atoms with Gasteiger partial charge < -0.3 is 10.2 Å². The Hall–Kier alpha value is -3.06. The summed E-state index contributed by atoms with van der Waals surface area (Å²) in [4.78, 5) is 30.3. The molecule has 0 unspecified atom stereocenters. The maximum atomic E-state index is 12.3. The zero-order valence-corrected chi connectivity index (χ0v) is 13.5. The van der Waals surface area contributed by atoms with Gasteiger partial charge in [-0.2, -0.15) is 0 Å². The van der Waals surface area contributed by atoms with Gasteiger partial charge in [0.15, 0.2) is 0 Å². The number of halogens is 1. The van der Waals surface area contributed by atoms with E-state index >= 15 is 0 Å². The van der Waals surface area contributed by atoms with Crippen LogP contribution in [0.4, 0.5) is 17.2 Å². The Kier molecular flexibility index (Phi) is 4.62. The van der Waals surface area contributed by atoms with Crippen molar-refractivity contribution in [1.29, 1.82) is 0 Å². The Morgan fingerprint density at radius 1 is 1.17 bits per heavy atom. The largest absolute Gasteiger partial charge is 0.342 e. The first-order valence-corrected chi connectivity index (χ1v) is 7.40. The summed E-state index contributed by atoms with van der Waals surface area (Å²) in [6.07, 6.45) is 6.39. The van der Waals surface area contributed by atoms with E-state index in [0.717, 1.165) is 11.4 Å². The second-order valence-electron chi connectivity index (χ2n) is 4.85.